The average Bonchev–Trinajstić information content (AvgIpc) is 2.40. The highest BCUT2D eigenvalue weighted by molar-refractivity contribution is 5.33. The standard InChI is InChI=1S/C14H15NO2/c15-14(10-16)11-6-8-13(9-7-11)17-12-4-2-1-3-5-12/h1-9,14,16H,10,15H2/t14-/m1/s1. The highest BCUT2D eigenvalue weighted by atomic mass is 16.5. The van der Waals surface area contributed by atoms with E-state index in [0.717, 1.165) is 17.1 Å². The number of hydrogen-bond acceptors (Lipinski definition) is 3. The van der Waals surface area contributed by atoms with Crippen LogP contribution in [0.5, 0.6) is 11.5 Å². The molecule has 1 atom stereocenters. The van der Waals surface area contributed by atoms with Crippen LogP contribution >= 0.6 is 0 Å². The molecule has 3 nitrogen and oxygen atoms in total. The van der Waals surface area contributed by atoms with Crippen LogP contribution in [0.15, 0.2) is 54.6 Å². The van der Waals surface area contributed by atoms with Gasteiger partial charge >= 0.3 is 0 Å². The zero-order valence-electron chi connectivity index (χ0n) is 9.41. The molecule has 0 aromatic heterocycles. The lowest BCUT2D eigenvalue weighted by Crippen LogP contribution is -2.14. The van der Waals surface area contributed by atoms with E-state index in [1.807, 2.05) is 54.6 Å². The first kappa shape index (κ1) is 11.6. The van der Waals surface area contributed by atoms with E-state index in [2.05, 4.69) is 0 Å². The molecular formula is C14H15NO2. The van der Waals surface area contributed by atoms with Gasteiger partial charge in [-0.25, -0.2) is 0 Å². The Labute approximate surface area is 100 Å². The highest BCUT2D eigenvalue weighted by Crippen LogP contribution is 2.22. The van der Waals surface area contributed by atoms with Gasteiger partial charge in [0.1, 0.15) is 11.5 Å². The molecule has 0 aliphatic heterocycles. The minimum Gasteiger partial charge on any atom is -0.457 e. The van der Waals surface area contributed by atoms with Gasteiger partial charge in [-0.3, -0.25) is 0 Å². The summed E-state index contributed by atoms with van der Waals surface area (Å²) in [7, 11) is 0. The Bertz CT molecular complexity index is 453. The molecule has 0 saturated heterocycles. The summed E-state index contributed by atoms with van der Waals surface area (Å²) in [6.07, 6.45) is 0. The summed E-state index contributed by atoms with van der Waals surface area (Å²) in [6, 6.07) is 16.7. The van der Waals surface area contributed by atoms with Crippen molar-refractivity contribution in [1.82, 2.24) is 0 Å². The van der Waals surface area contributed by atoms with Gasteiger partial charge in [0.25, 0.3) is 0 Å². The monoisotopic (exact) mass is 229 g/mol. The van der Waals surface area contributed by atoms with E-state index in [4.69, 9.17) is 15.6 Å². The number of benzene rings is 2. The van der Waals surface area contributed by atoms with Crippen molar-refractivity contribution in [2.45, 2.75) is 6.04 Å². The number of aliphatic hydroxyl groups is 1. The van der Waals surface area contributed by atoms with Crippen molar-refractivity contribution < 1.29 is 9.84 Å². The second kappa shape index (κ2) is 5.48. The van der Waals surface area contributed by atoms with Crippen LogP contribution in [0.1, 0.15) is 11.6 Å². The SMILES string of the molecule is N[C@H](CO)c1ccc(Oc2ccccc2)cc1. The summed E-state index contributed by atoms with van der Waals surface area (Å²) in [5.74, 6) is 1.55. The van der Waals surface area contributed by atoms with Crippen LogP contribution in [0.3, 0.4) is 0 Å². The van der Waals surface area contributed by atoms with Gasteiger partial charge in [0.2, 0.25) is 0 Å². The molecule has 0 fully saturated rings. The Balaban J connectivity index is 2.08. The summed E-state index contributed by atoms with van der Waals surface area (Å²) in [6.45, 7) is -0.0567. The Hall–Kier alpha value is -1.84. The topological polar surface area (TPSA) is 55.5 Å². The summed E-state index contributed by atoms with van der Waals surface area (Å²) in [5.41, 5.74) is 6.60. The number of para-hydroxylation sites is 1. The molecular weight excluding hydrogens is 214 g/mol. The first-order valence-electron chi connectivity index (χ1n) is 5.49. The van der Waals surface area contributed by atoms with E-state index in [0.29, 0.717) is 0 Å². The maximum Gasteiger partial charge on any atom is 0.127 e. The molecule has 17 heavy (non-hydrogen) atoms. The van der Waals surface area contributed by atoms with Gasteiger partial charge in [-0.05, 0) is 29.8 Å². The first-order chi connectivity index (χ1) is 8.29. The Morgan fingerprint density at radius 3 is 2.12 bits per heavy atom. The molecule has 0 bridgehead atoms. The zero-order valence-corrected chi connectivity index (χ0v) is 9.41. The second-order valence-corrected chi connectivity index (χ2v) is 3.77. The normalized spacial score (nSPS) is 12.1. The quantitative estimate of drug-likeness (QED) is 0.846. The van der Waals surface area contributed by atoms with Gasteiger partial charge in [0.15, 0.2) is 0 Å². The Morgan fingerprint density at radius 2 is 1.53 bits per heavy atom. The number of nitrogens with two attached hydrogens (primary N) is 1. The van der Waals surface area contributed by atoms with Crippen molar-refractivity contribution in [1.29, 1.82) is 0 Å². The Kier molecular flexibility index (Phi) is 3.75. The summed E-state index contributed by atoms with van der Waals surface area (Å²) < 4.78 is 5.64. The van der Waals surface area contributed by atoms with E-state index in [-0.39, 0.29) is 12.6 Å². The minimum absolute atomic E-state index is 0.0567. The van der Waals surface area contributed by atoms with Gasteiger partial charge in [0.05, 0.1) is 12.6 Å². The predicted octanol–water partition coefficient (Wildman–Crippen LogP) is 2.47. The third kappa shape index (κ3) is 3.06. The molecule has 2 rings (SSSR count). The van der Waals surface area contributed by atoms with E-state index in [1.54, 1.807) is 0 Å². The smallest absolute Gasteiger partial charge is 0.127 e. The third-order valence-electron chi connectivity index (χ3n) is 2.48. The number of hydrogen-bond donors (Lipinski definition) is 2. The van der Waals surface area contributed by atoms with E-state index < -0.39 is 0 Å². The lowest BCUT2D eigenvalue weighted by atomic mass is 10.1. The molecule has 2 aromatic rings. The van der Waals surface area contributed by atoms with Crippen LogP contribution in [0.4, 0.5) is 0 Å². The molecule has 0 radical (unpaired) electrons. The number of rotatable bonds is 4. The minimum atomic E-state index is -0.333. The molecule has 0 heterocycles. The zero-order chi connectivity index (χ0) is 12.1. The van der Waals surface area contributed by atoms with Crippen molar-refractivity contribution in [3.8, 4) is 11.5 Å². The van der Waals surface area contributed by atoms with Crippen LogP contribution in [0.2, 0.25) is 0 Å². The van der Waals surface area contributed by atoms with Crippen LogP contribution < -0.4 is 10.5 Å². The largest absolute Gasteiger partial charge is 0.457 e. The van der Waals surface area contributed by atoms with E-state index >= 15 is 0 Å². The molecule has 3 heteroatoms. The van der Waals surface area contributed by atoms with Crippen LogP contribution in [0, 0.1) is 0 Å². The number of ether oxygens (including phenoxy) is 1. The Morgan fingerprint density at radius 1 is 0.941 bits per heavy atom. The van der Waals surface area contributed by atoms with Gasteiger partial charge in [0, 0.05) is 0 Å². The molecule has 2 aromatic carbocycles. The third-order valence-corrected chi connectivity index (χ3v) is 2.48. The lowest BCUT2D eigenvalue weighted by molar-refractivity contribution is 0.268. The molecule has 3 N–H and O–H groups in total. The lowest BCUT2D eigenvalue weighted by Gasteiger charge is -2.10. The summed E-state index contributed by atoms with van der Waals surface area (Å²) >= 11 is 0. The van der Waals surface area contributed by atoms with E-state index in [9.17, 15) is 0 Å². The number of aliphatic hydroxyl groups excluding tert-OH is 1. The molecule has 0 unspecified atom stereocenters. The fraction of sp³-hybridized carbons (Fsp3) is 0.143. The average molecular weight is 229 g/mol. The summed E-state index contributed by atoms with van der Waals surface area (Å²) in [4.78, 5) is 0. The maximum absolute atomic E-state index is 8.94. The van der Waals surface area contributed by atoms with Crippen molar-refractivity contribution in [3.05, 3.63) is 60.2 Å². The molecule has 88 valence electrons. The second-order valence-electron chi connectivity index (χ2n) is 3.77. The van der Waals surface area contributed by atoms with Gasteiger partial charge in [-0.1, -0.05) is 30.3 Å². The van der Waals surface area contributed by atoms with Gasteiger partial charge < -0.3 is 15.6 Å². The van der Waals surface area contributed by atoms with E-state index in [1.165, 1.54) is 0 Å². The van der Waals surface area contributed by atoms with Crippen molar-refractivity contribution in [3.63, 3.8) is 0 Å². The predicted molar refractivity (Wildman–Crippen MR) is 67.0 cm³/mol. The highest BCUT2D eigenvalue weighted by Gasteiger charge is 2.04. The molecule has 0 aliphatic rings. The maximum atomic E-state index is 8.94. The molecule has 0 saturated carbocycles. The molecule has 0 aliphatic carbocycles. The van der Waals surface area contributed by atoms with Crippen molar-refractivity contribution in [2.75, 3.05) is 6.61 Å². The molecule has 0 spiro atoms. The fourth-order valence-electron chi connectivity index (χ4n) is 1.51. The van der Waals surface area contributed by atoms with Crippen molar-refractivity contribution >= 4 is 0 Å². The van der Waals surface area contributed by atoms with Crippen LogP contribution in [-0.4, -0.2) is 11.7 Å². The van der Waals surface area contributed by atoms with Gasteiger partial charge in [-0.15, -0.1) is 0 Å². The summed E-state index contributed by atoms with van der Waals surface area (Å²) in [5, 5.41) is 8.94. The molecule has 0 amide bonds. The van der Waals surface area contributed by atoms with Crippen LogP contribution in [0.25, 0.3) is 0 Å². The van der Waals surface area contributed by atoms with Crippen molar-refractivity contribution in [2.24, 2.45) is 5.73 Å². The van der Waals surface area contributed by atoms with Crippen LogP contribution in [-0.2, 0) is 0 Å². The first-order valence-corrected chi connectivity index (χ1v) is 5.49. The fourth-order valence-corrected chi connectivity index (χ4v) is 1.51. The van der Waals surface area contributed by atoms with Gasteiger partial charge in [-0.2, -0.15) is 0 Å².